The Morgan fingerprint density at radius 2 is 1.95 bits per heavy atom. The third-order valence-corrected chi connectivity index (χ3v) is 3.13. The molecule has 112 valence electrons. The molecule has 0 spiro atoms. The minimum absolute atomic E-state index is 0.0354. The highest BCUT2D eigenvalue weighted by Crippen LogP contribution is 2.43. The molecule has 0 fully saturated rings. The number of furan rings is 1. The average molecular weight is 318 g/mol. The Hall–Kier alpha value is -1.92. The molecule has 2 aromatic rings. The fourth-order valence-corrected chi connectivity index (χ4v) is 1.96. The summed E-state index contributed by atoms with van der Waals surface area (Å²) in [7, 11) is 0. The standard InChI is InChI=1S/C14H11ClF3NO2/c15-9-3-4-12(19)11(8-9)13(20,14(16,17)18)6-5-10-2-1-7-21-10/h1-8,20H,19H2. The molecule has 1 atom stereocenters. The molecule has 7 heteroatoms. The molecule has 21 heavy (non-hydrogen) atoms. The van der Waals surface area contributed by atoms with E-state index in [-0.39, 0.29) is 16.5 Å². The van der Waals surface area contributed by atoms with Crippen LogP contribution in [0.3, 0.4) is 0 Å². The lowest BCUT2D eigenvalue weighted by Crippen LogP contribution is -2.41. The van der Waals surface area contributed by atoms with E-state index in [2.05, 4.69) is 0 Å². The minimum atomic E-state index is -4.98. The van der Waals surface area contributed by atoms with Crippen LogP contribution in [0, 0.1) is 0 Å². The highest BCUT2D eigenvalue weighted by molar-refractivity contribution is 6.30. The molecule has 1 aromatic carbocycles. The van der Waals surface area contributed by atoms with Crippen molar-refractivity contribution in [1.29, 1.82) is 0 Å². The summed E-state index contributed by atoms with van der Waals surface area (Å²) in [6.07, 6.45) is -2.07. The first kappa shape index (κ1) is 15.5. The van der Waals surface area contributed by atoms with E-state index in [4.69, 9.17) is 21.8 Å². The van der Waals surface area contributed by atoms with E-state index in [0.717, 1.165) is 12.1 Å². The van der Waals surface area contributed by atoms with Gasteiger partial charge in [0.15, 0.2) is 0 Å². The maximum absolute atomic E-state index is 13.3. The zero-order valence-corrected chi connectivity index (χ0v) is 11.3. The van der Waals surface area contributed by atoms with Crippen molar-refractivity contribution < 1.29 is 22.7 Å². The smallest absolute Gasteiger partial charge is 0.425 e. The van der Waals surface area contributed by atoms with E-state index in [1.165, 1.54) is 30.5 Å². The Morgan fingerprint density at radius 1 is 1.24 bits per heavy atom. The molecule has 0 aliphatic carbocycles. The molecule has 0 aliphatic rings. The summed E-state index contributed by atoms with van der Waals surface area (Å²) in [6.45, 7) is 0. The van der Waals surface area contributed by atoms with Gasteiger partial charge in [-0.3, -0.25) is 0 Å². The third-order valence-electron chi connectivity index (χ3n) is 2.89. The van der Waals surface area contributed by atoms with Crippen molar-refractivity contribution in [2.24, 2.45) is 0 Å². The largest absolute Gasteiger partial charge is 0.465 e. The molecular formula is C14H11ClF3NO2. The van der Waals surface area contributed by atoms with E-state index < -0.39 is 17.3 Å². The summed E-state index contributed by atoms with van der Waals surface area (Å²) in [6, 6.07) is 6.49. The number of hydrogen-bond acceptors (Lipinski definition) is 3. The number of halogens is 4. The summed E-state index contributed by atoms with van der Waals surface area (Å²) < 4.78 is 44.8. The number of alkyl halides is 3. The molecule has 3 nitrogen and oxygen atoms in total. The van der Waals surface area contributed by atoms with Crippen molar-refractivity contribution >= 4 is 23.4 Å². The van der Waals surface area contributed by atoms with Crippen LogP contribution in [0.1, 0.15) is 11.3 Å². The maximum atomic E-state index is 13.3. The Balaban J connectivity index is 2.54. The van der Waals surface area contributed by atoms with Gasteiger partial charge in [-0.15, -0.1) is 0 Å². The number of benzene rings is 1. The van der Waals surface area contributed by atoms with Gasteiger partial charge in [-0.05, 0) is 42.5 Å². The Bertz CT molecular complexity index is 653. The fraction of sp³-hybridized carbons (Fsp3) is 0.143. The van der Waals surface area contributed by atoms with Crippen molar-refractivity contribution in [2.45, 2.75) is 11.8 Å². The minimum Gasteiger partial charge on any atom is -0.465 e. The van der Waals surface area contributed by atoms with Gasteiger partial charge in [-0.1, -0.05) is 11.6 Å². The number of anilines is 1. The van der Waals surface area contributed by atoms with Crippen LogP contribution in [0.25, 0.3) is 6.08 Å². The van der Waals surface area contributed by atoms with Gasteiger partial charge >= 0.3 is 6.18 Å². The van der Waals surface area contributed by atoms with Gasteiger partial charge in [0.25, 0.3) is 0 Å². The van der Waals surface area contributed by atoms with Gasteiger partial charge in [0.1, 0.15) is 5.76 Å². The van der Waals surface area contributed by atoms with Crippen LogP contribution >= 0.6 is 11.6 Å². The van der Waals surface area contributed by atoms with Gasteiger partial charge in [0.2, 0.25) is 5.60 Å². The molecule has 0 aliphatic heterocycles. The highest BCUT2D eigenvalue weighted by Gasteiger charge is 2.54. The van der Waals surface area contributed by atoms with Crippen molar-refractivity contribution in [2.75, 3.05) is 5.73 Å². The van der Waals surface area contributed by atoms with Crippen LogP contribution in [0.4, 0.5) is 18.9 Å². The van der Waals surface area contributed by atoms with Gasteiger partial charge in [-0.25, -0.2) is 0 Å². The summed E-state index contributed by atoms with van der Waals surface area (Å²) in [5, 5.41) is 10.2. The van der Waals surface area contributed by atoms with Gasteiger partial charge in [0.05, 0.1) is 6.26 Å². The normalized spacial score (nSPS) is 15.3. The first-order chi connectivity index (χ1) is 9.74. The molecular weight excluding hydrogens is 307 g/mol. The molecule has 0 saturated carbocycles. The van der Waals surface area contributed by atoms with E-state index in [9.17, 15) is 18.3 Å². The average Bonchev–Trinajstić information content (AvgIpc) is 2.90. The van der Waals surface area contributed by atoms with Crippen LogP contribution < -0.4 is 5.73 Å². The monoisotopic (exact) mass is 317 g/mol. The lowest BCUT2D eigenvalue weighted by atomic mass is 9.91. The summed E-state index contributed by atoms with van der Waals surface area (Å²) in [5.41, 5.74) is 1.52. The predicted octanol–water partition coefficient (Wildman–Crippen LogP) is 3.98. The molecule has 1 aromatic heterocycles. The Labute approximate surface area is 123 Å². The predicted molar refractivity (Wildman–Crippen MR) is 73.6 cm³/mol. The summed E-state index contributed by atoms with van der Waals surface area (Å²) >= 11 is 5.70. The SMILES string of the molecule is Nc1ccc(Cl)cc1C(O)(C=Cc1ccco1)C(F)(F)F. The maximum Gasteiger partial charge on any atom is 0.425 e. The van der Waals surface area contributed by atoms with Crippen molar-refractivity contribution in [3.8, 4) is 0 Å². The van der Waals surface area contributed by atoms with Crippen LogP contribution in [0.15, 0.2) is 47.1 Å². The topological polar surface area (TPSA) is 59.4 Å². The van der Waals surface area contributed by atoms with Gasteiger partial charge in [0, 0.05) is 16.3 Å². The molecule has 1 heterocycles. The van der Waals surface area contributed by atoms with Crippen LogP contribution in [0.5, 0.6) is 0 Å². The second kappa shape index (κ2) is 5.46. The van der Waals surface area contributed by atoms with Gasteiger partial charge in [-0.2, -0.15) is 13.2 Å². The van der Waals surface area contributed by atoms with E-state index >= 15 is 0 Å². The lowest BCUT2D eigenvalue weighted by molar-refractivity contribution is -0.244. The molecule has 3 N–H and O–H groups in total. The van der Waals surface area contributed by atoms with E-state index in [1.807, 2.05) is 0 Å². The molecule has 0 amide bonds. The third kappa shape index (κ3) is 3.06. The van der Waals surface area contributed by atoms with Crippen LogP contribution in [-0.2, 0) is 5.60 Å². The number of hydrogen-bond donors (Lipinski definition) is 2. The fourth-order valence-electron chi connectivity index (χ4n) is 1.78. The van der Waals surface area contributed by atoms with Crippen LogP contribution in [-0.4, -0.2) is 11.3 Å². The molecule has 0 saturated heterocycles. The number of nitrogens with two attached hydrogens (primary N) is 1. The van der Waals surface area contributed by atoms with Crippen molar-refractivity contribution in [3.63, 3.8) is 0 Å². The van der Waals surface area contributed by atoms with Crippen LogP contribution in [0.2, 0.25) is 5.02 Å². The summed E-state index contributed by atoms with van der Waals surface area (Å²) in [5.74, 6) is 0.165. The van der Waals surface area contributed by atoms with E-state index in [1.54, 1.807) is 0 Å². The first-order valence-electron chi connectivity index (χ1n) is 5.81. The second-order valence-electron chi connectivity index (χ2n) is 4.34. The number of rotatable bonds is 3. The zero-order valence-electron chi connectivity index (χ0n) is 10.6. The van der Waals surface area contributed by atoms with Gasteiger partial charge < -0.3 is 15.3 Å². The molecule has 2 rings (SSSR count). The molecule has 0 bridgehead atoms. The Morgan fingerprint density at radius 3 is 2.52 bits per heavy atom. The van der Waals surface area contributed by atoms with E-state index in [0.29, 0.717) is 6.08 Å². The zero-order chi connectivity index (χ0) is 15.7. The quantitative estimate of drug-likeness (QED) is 0.842. The Kier molecular flexibility index (Phi) is 4.02. The highest BCUT2D eigenvalue weighted by atomic mass is 35.5. The first-order valence-corrected chi connectivity index (χ1v) is 6.19. The second-order valence-corrected chi connectivity index (χ2v) is 4.78. The molecule has 0 radical (unpaired) electrons. The van der Waals surface area contributed by atoms with Crippen molar-refractivity contribution in [3.05, 3.63) is 59.0 Å². The number of aliphatic hydroxyl groups is 1. The molecule has 1 unspecified atom stereocenters. The summed E-state index contributed by atoms with van der Waals surface area (Å²) in [4.78, 5) is 0. The van der Waals surface area contributed by atoms with Crippen molar-refractivity contribution in [1.82, 2.24) is 0 Å². The number of nitrogen functional groups attached to an aromatic ring is 1. The lowest BCUT2D eigenvalue weighted by Gasteiger charge is -2.29.